The fraction of sp³-hybridized carbons (Fsp3) is 0.478. The third-order valence-corrected chi connectivity index (χ3v) is 5.67. The summed E-state index contributed by atoms with van der Waals surface area (Å²) in [5.41, 5.74) is 4.75. The predicted octanol–water partition coefficient (Wildman–Crippen LogP) is 4.72. The molecule has 0 unspecified atom stereocenters. The number of rotatable bonds is 6. The SMILES string of the molecule is Cc1cc(/C=C/C(=O)N(C)CCc2ccccn2)c(C)n1C1CCCCC1. The van der Waals surface area contributed by atoms with Crippen molar-refractivity contribution >= 4 is 12.0 Å². The molecule has 1 amide bonds. The smallest absolute Gasteiger partial charge is 0.246 e. The third kappa shape index (κ3) is 4.88. The zero-order valence-corrected chi connectivity index (χ0v) is 16.8. The normalized spacial score (nSPS) is 15.4. The summed E-state index contributed by atoms with van der Waals surface area (Å²) in [4.78, 5) is 18.5. The summed E-state index contributed by atoms with van der Waals surface area (Å²) < 4.78 is 2.48. The minimum atomic E-state index is 0.0356. The van der Waals surface area contributed by atoms with E-state index in [0.717, 1.165) is 17.7 Å². The van der Waals surface area contributed by atoms with E-state index in [1.807, 2.05) is 31.3 Å². The van der Waals surface area contributed by atoms with Crippen LogP contribution in [0.2, 0.25) is 0 Å². The van der Waals surface area contributed by atoms with Gasteiger partial charge in [-0.2, -0.15) is 0 Å². The molecule has 2 heterocycles. The lowest BCUT2D eigenvalue weighted by molar-refractivity contribution is -0.124. The molecule has 0 atom stereocenters. The average Bonchev–Trinajstić information content (AvgIpc) is 2.99. The zero-order chi connectivity index (χ0) is 19.2. The van der Waals surface area contributed by atoms with Crippen LogP contribution in [0.4, 0.5) is 0 Å². The summed E-state index contributed by atoms with van der Waals surface area (Å²) in [5, 5.41) is 0. The lowest BCUT2D eigenvalue weighted by atomic mass is 9.95. The molecule has 1 saturated carbocycles. The van der Waals surface area contributed by atoms with E-state index in [9.17, 15) is 4.79 Å². The molecule has 0 aromatic carbocycles. The van der Waals surface area contributed by atoms with Crippen molar-refractivity contribution in [2.24, 2.45) is 0 Å². The molecule has 1 aliphatic carbocycles. The molecule has 27 heavy (non-hydrogen) atoms. The Hall–Kier alpha value is -2.36. The van der Waals surface area contributed by atoms with Gasteiger partial charge in [0.2, 0.25) is 5.91 Å². The van der Waals surface area contributed by atoms with E-state index < -0.39 is 0 Å². The summed E-state index contributed by atoms with van der Waals surface area (Å²) >= 11 is 0. The van der Waals surface area contributed by atoms with Crippen molar-refractivity contribution in [3.05, 3.63) is 59.2 Å². The Morgan fingerprint density at radius 3 is 2.74 bits per heavy atom. The van der Waals surface area contributed by atoms with Gasteiger partial charge < -0.3 is 9.47 Å². The van der Waals surface area contributed by atoms with Crippen LogP contribution < -0.4 is 0 Å². The molecular formula is C23H31N3O. The minimum absolute atomic E-state index is 0.0356. The fourth-order valence-electron chi connectivity index (χ4n) is 4.10. The third-order valence-electron chi connectivity index (χ3n) is 5.67. The first kappa shape index (κ1) is 19.4. The van der Waals surface area contributed by atoms with Crippen LogP contribution in [0.5, 0.6) is 0 Å². The second kappa shape index (κ2) is 9.03. The Labute approximate surface area is 162 Å². The molecule has 4 nitrogen and oxygen atoms in total. The maximum Gasteiger partial charge on any atom is 0.246 e. The largest absolute Gasteiger partial charge is 0.346 e. The number of hydrogen-bond donors (Lipinski definition) is 0. The van der Waals surface area contributed by atoms with Crippen LogP contribution in [0.15, 0.2) is 36.5 Å². The topological polar surface area (TPSA) is 38.1 Å². The summed E-state index contributed by atoms with van der Waals surface area (Å²) in [6.45, 7) is 5.03. The number of carbonyl (C=O) groups excluding carboxylic acids is 1. The number of nitrogens with zero attached hydrogens (tertiary/aromatic N) is 3. The second-order valence-corrected chi connectivity index (χ2v) is 7.65. The summed E-state index contributed by atoms with van der Waals surface area (Å²) in [6.07, 6.45) is 12.8. The highest BCUT2D eigenvalue weighted by atomic mass is 16.2. The molecule has 2 aromatic heterocycles. The number of amides is 1. The molecule has 144 valence electrons. The monoisotopic (exact) mass is 365 g/mol. The first-order valence-corrected chi connectivity index (χ1v) is 10.1. The Kier molecular flexibility index (Phi) is 6.49. The van der Waals surface area contributed by atoms with Crippen molar-refractivity contribution in [3.8, 4) is 0 Å². The van der Waals surface area contributed by atoms with E-state index in [2.05, 4.69) is 29.5 Å². The van der Waals surface area contributed by atoms with Crippen molar-refractivity contribution in [1.82, 2.24) is 14.5 Å². The molecule has 2 aromatic rings. The molecule has 3 rings (SSSR count). The summed E-state index contributed by atoms with van der Waals surface area (Å²) in [6, 6.07) is 8.71. The molecule has 0 aliphatic heterocycles. The van der Waals surface area contributed by atoms with E-state index in [-0.39, 0.29) is 5.91 Å². The van der Waals surface area contributed by atoms with Crippen LogP contribution in [0.3, 0.4) is 0 Å². The van der Waals surface area contributed by atoms with Crippen LogP contribution in [0.25, 0.3) is 6.08 Å². The number of likely N-dealkylation sites (N-methyl/N-ethyl adjacent to an activating group) is 1. The van der Waals surface area contributed by atoms with Gasteiger partial charge in [0.15, 0.2) is 0 Å². The standard InChI is InChI=1S/C23H31N3O/c1-18-17-20(19(2)26(18)22-10-5-4-6-11-22)12-13-23(27)25(3)16-14-21-9-7-8-15-24-21/h7-9,12-13,15,17,22H,4-6,10-11,14,16H2,1-3H3/b13-12+. The summed E-state index contributed by atoms with van der Waals surface area (Å²) in [7, 11) is 1.85. The molecule has 4 heteroatoms. The van der Waals surface area contributed by atoms with Gasteiger partial charge in [0, 0.05) is 55.4 Å². The number of aromatic nitrogens is 2. The van der Waals surface area contributed by atoms with Crippen molar-refractivity contribution < 1.29 is 4.79 Å². The minimum Gasteiger partial charge on any atom is -0.346 e. The van der Waals surface area contributed by atoms with E-state index in [4.69, 9.17) is 0 Å². The zero-order valence-electron chi connectivity index (χ0n) is 16.8. The Balaban J connectivity index is 1.62. The van der Waals surface area contributed by atoms with Gasteiger partial charge in [0.1, 0.15) is 0 Å². The number of hydrogen-bond acceptors (Lipinski definition) is 2. The van der Waals surface area contributed by atoms with Gasteiger partial charge in [-0.3, -0.25) is 9.78 Å². The fourth-order valence-corrected chi connectivity index (χ4v) is 4.10. The van der Waals surface area contributed by atoms with Gasteiger partial charge in [0.05, 0.1) is 0 Å². The Morgan fingerprint density at radius 1 is 1.26 bits per heavy atom. The van der Waals surface area contributed by atoms with Crippen molar-refractivity contribution in [3.63, 3.8) is 0 Å². The highest BCUT2D eigenvalue weighted by molar-refractivity contribution is 5.91. The number of pyridine rings is 1. The van der Waals surface area contributed by atoms with Crippen LogP contribution in [-0.4, -0.2) is 34.0 Å². The first-order valence-electron chi connectivity index (χ1n) is 10.1. The predicted molar refractivity (Wildman–Crippen MR) is 111 cm³/mol. The second-order valence-electron chi connectivity index (χ2n) is 7.65. The molecule has 0 spiro atoms. The molecule has 1 aliphatic rings. The van der Waals surface area contributed by atoms with Gasteiger partial charge in [-0.15, -0.1) is 0 Å². The van der Waals surface area contributed by atoms with E-state index in [0.29, 0.717) is 12.6 Å². The van der Waals surface area contributed by atoms with Gasteiger partial charge >= 0.3 is 0 Å². The van der Waals surface area contributed by atoms with E-state index >= 15 is 0 Å². The Bertz CT molecular complexity index is 785. The maximum absolute atomic E-state index is 12.5. The molecular weight excluding hydrogens is 334 g/mol. The van der Waals surface area contributed by atoms with Crippen molar-refractivity contribution in [2.75, 3.05) is 13.6 Å². The van der Waals surface area contributed by atoms with Crippen molar-refractivity contribution in [1.29, 1.82) is 0 Å². The lowest BCUT2D eigenvalue weighted by Gasteiger charge is -2.26. The van der Waals surface area contributed by atoms with Gasteiger partial charge in [0.25, 0.3) is 0 Å². The molecule has 0 saturated heterocycles. The van der Waals surface area contributed by atoms with E-state index in [1.54, 1.807) is 17.2 Å². The van der Waals surface area contributed by atoms with Gasteiger partial charge in [-0.25, -0.2) is 0 Å². The maximum atomic E-state index is 12.5. The molecule has 0 N–H and O–H groups in total. The molecule has 0 radical (unpaired) electrons. The van der Waals surface area contributed by atoms with Crippen LogP contribution in [0.1, 0.15) is 60.8 Å². The summed E-state index contributed by atoms with van der Waals surface area (Å²) in [5.74, 6) is 0.0356. The van der Waals surface area contributed by atoms with Crippen LogP contribution in [-0.2, 0) is 11.2 Å². The van der Waals surface area contributed by atoms with Gasteiger partial charge in [-0.05, 0) is 56.5 Å². The lowest BCUT2D eigenvalue weighted by Crippen LogP contribution is -2.27. The molecule has 1 fully saturated rings. The highest BCUT2D eigenvalue weighted by Gasteiger charge is 2.19. The number of aryl methyl sites for hydroxylation is 1. The Morgan fingerprint density at radius 2 is 2.04 bits per heavy atom. The highest BCUT2D eigenvalue weighted by Crippen LogP contribution is 2.32. The first-order chi connectivity index (χ1) is 13.1. The van der Waals surface area contributed by atoms with Crippen molar-refractivity contribution in [2.45, 2.75) is 58.4 Å². The van der Waals surface area contributed by atoms with Crippen LogP contribution >= 0.6 is 0 Å². The average molecular weight is 366 g/mol. The van der Waals surface area contributed by atoms with E-state index in [1.165, 1.54) is 43.5 Å². The quantitative estimate of drug-likeness (QED) is 0.695. The molecule has 0 bridgehead atoms. The number of carbonyl (C=O) groups is 1. The van der Waals surface area contributed by atoms with Crippen LogP contribution in [0, 0.1) is 13.8 Å². The van der Waals surface area contributed by atoms with Gasteiger partial charge in [-0.1, -0.05) is 25.3 Å².